The molecule has 0 aromatic rings. The molecule has 0 spiro atoms. The molecule has 11 N–H and O–H groups in total. The molecule has 1 fully saturated rings. The average molecular weight is 445 g/mol. The Kier molecular flexibility index (Phi) is 26.0. The molecule has 1 saturated carbocycles. The van der Waals surface area contributed by atoms with Crippen LogP contribution in [0.4, 0.5) is 0 Å². The van der Waals surface area contributed by atoms with E-state index in [0.717, 1.165) is 13.0 Å². The van der Waals surface area contributed by atoms with Crippen molar-refractivity contribution in [2.45, 2.75) is 97.9 Å². The molecule has 6 atom stereocenters. The van der Waals surface area contributed by atoms with Crippen molar-refractivity contribution in [1.82, 2.24) is 0 Å². The van der Waals surface area contributed by atoms with Crippen molar-refractivity contribution in [3.05, 3.63) is 0 Å². The fourth-order valence-electron chi connectivity index (χ4n) is 1.94. The molecule has 6 unspecified atom stereocenters. The molecule has 30 heavy (non-hydrogen) atoms. The van der Waals surface area contributed by atoms with Gasteiger partial charge in [-0.1, -0.05) is 42.0 Å². The number of nitrogens with two attached hydrogens (primary N) is 1. The first-order valence-corrected chi connectivity index (χ1v) is 10.1. The highest BCUT2D eigenvalue weighted by Crippen LogP contribution is 2.29. The minimum absolute atomic E-state index is 0. The Morgan fingerprint density at radius 1 is 0.967 bits per heavy atom. The lowest BCUT2D eigenvalue weighted by atomic mass is 9.75. The number of carboxylic acids is 1. The van der Waals surface area contributed by atoms with E-state index in [1.807, 2.05) is 6.92 Å². The third kappa shape index (κ3) is 15.9. The summed E-state index contributed by atoms with van der Waals surface area (Å²) in [5, 5.41) is 63.8. The van der Waals surface area contributed by atoms with Crippen molar-refractivity contribution in [1.29, 1.82) is 0 Å². The second-order valence-corrected chi connectivity index (χ2v) is 7.14. The van der Waals surface area contributed by atoms with Crippen LogP contribution in [-0.4, -0.2) is 86.3 Å². The first-order chi connectivity index (χ1) is 13.4. The molecule has 1 aliphatic carbocycles. The van der Waals surface area contributed by atoms with Gasteiger partial charge in [0.15, 0.2) is 0 Å². The predicted molar refractivity (Wildman–Crippen MR) is 114 cm³/mol. The molecular weight excluding hydrogens is 396 g/mol. The van der Waals surface area contributed by atoms with Crippen molar-refractivity contribution in [3.8, 4) is 0 Å². The van der Waals surface area contributed by atoms with Gasteiger partial charge in [-0.25, -0.2) is 0 Å². The molecule has 1 aliphatic rings. The summed E-state index contributed by atoms with van der Waals surface area (Å²) in [5.74, 6) is -2.03. The van der Waals surface area contributed by atoms with E-state index >= 15 is 0 Å². The van der Waals surface area contributed by atoms with E-state index in [0.29, 0.717) is 12.8 Å². The van der Waals surface area contributed by atoms with Gasteiger partial charge < -0.3 is 52.0 Å². The molecule has 10 heteroatoms. The van der Waals surface area contributed by atoms with Gasteiger partial charge in [-0.05, 0) is 19.4 Å². The van der Waals surface area contributed by atoms with E-state index in [-0.39, 0.29) is 14.0 Å². The highest BCUT2D eigenvalue weighted by molar-refractivity contribution is 5.68. The Bertz CT molecular complexity index is 325. The van der Waals surface area contributed by atoms with Crippen LogP contribution in [0.3, 0.4) is 0 Å². The van der Waals surface area contributed by atoms with Gasteiger partial charge in [0.25, 0.3) is 0 Å². The van der Waals surface area contributed by atoms with E-state index in [4.69, 9.17) is 15.9 Å². The fraction of sp³-hybridized carbons (Fsp3) is 0.950. The number of aliphatic hydroxyl groups excluding tert-OH is 6. The lowest BCUT2D eigenvalue weighted by Crippen LogP contribution is -2.67. The van der Waals surface area contributed by atoms with Crippen LogP contribution in [-0.2, 0) is 4.79 Å². The summed E-state index contributed by atoms with van der Waals surface area (Å²) in [6.07, 6.45) is -2.02. The van der Waals surface area contributed by atoms with Crippen molar-refractivity contribution < 1.29 is 46.3 Å². The maximum atomic E-state index is 9.76. The summed E-state index contributed by atoms with van der Waals surface area (Å²) in [6, 6.07) is -0.542. The standard InChI is InChI=1S/C8H16O4.C4H9NO2.C4H10O2.C3H9N.CH4/c1-3-5(9)7(11)4(2)8(12)6(3)10;1-2-3(5)4(6)7;1-2-4(6)3-5;1-2-3-4;/h3-12H,1-2H3;3H,2,5H2,1H3,(H,6,7);4-6H,2-3H2,1H3;2-4H2,1H3;1H4. The molecule has 10 nitrogen and oxygen atoms in total. The van der Waals surface area contributed by atoms with Gasteiger partial charge in [-0.15, -0.1) is 0 Å². The number of aliphatic hydroxyl groups is 6. The third-order valence-electron chi connectivity index (χ3n) is 4.65. The van der Waals surface area contributed by atoms with E-state index in [2.05, 4.69) is 12.7 Å². The summed E-state index contributed by atoms with van der Waals surface area (Å²) in [5.41, 5.74) is 8.32. The van der Waals surface area contributed by atoms with Crippen LogP contribution in [0, 0.1) is 11.8 Å². The highest BCUT2D eigenvalue weighted by atomic mass is 16.4. The summed E-state index contributed by atoms with van der Waals surface area (Å²) in [6.45, 7) is 9.55. The fourth-order valence-corrected chi connectivity index (χ4v) is 1.94. The molecular formula is C20H48N2O8. The lowest BCUT2D eigenvalue weighted by molar-refractivity contribution is -0.437. The van der Waals surface area contributed by atoms with Gasteiger partial charge in [-0.3, -0.25) is 0 Å². The average Bonchev–Trinajstić information content (AvgIpc) is 2.74. The van der Waals surface area contributed by atoms with E-state index in [1.165, 1.54) is 0 Å². The Hall–Kier alpha value is -0.850. The normalized spacial score (nSPS) is 29.2. The summed E-state index contributed by atoms with van der Waals surface area (Å²) >= 11 is 0. The first kappa shape index (κ1) is 36.5. The second-order valence-electron chi connectivity index (χ2n) is 7.14. The van der Waals surface area contributed by atoms with E-state index in [1.54, 1.807) is 20.8 Å². The van der Waals surface area contributed by atoms with Crippen LogP contribution < -0.4 is 16.6 Å². The molecule has 0 aromatic heterocycles. The zero-order chi connectivity index (χ0) is 23.7. The number of carboxylic acid groups (broad SMARTS) is 1. The number of carbonyl (C=O) groups is 1. The molecule has 0 bridgehead atoms. The molecule has 0 aliphatic heterocycles. The predicted octanol–water partition coefficient (Wildman–Crippen LogP) is -2.79. The summed E-state index contributed by atoms with van der Waals surface area (Å²) < 4.78 is 0. The van der Waals surface area contributed by atoms with Crippen LogP contribution in [0.5, 0.6) is 0 Å². The van der Waals surface area contributed by atoms with Crippen LogP contribution in [0.15, 0.2) is 0 Å². The van der Waals surface area contributed by atoms with Crippen LogP contribution in [0.25, 0.3) is 0 Å². The monoisotopic (exact) mass is 444 g/mol. The minimum atomic E-state index is -1.07. The Morgan fingerprint density at radius 2 is 1.27 bits per heavy atom. The van der Waals surface area contributed by atoms with E-state index in [9.17, 15) is 30.3 Å². The van der Waals surface area contributed by atoms with Crippen molar-refractivity contribution in [2.75, 3.05) is 13.2 Å². The number of aliphatic carboxylic acids is 1. The van der Waals surface area contributed by atoms with Gasteiger partial charge in [-0.2, -0.15) is 0 Å². The van der Waals surface area contributed by atoms with Crippen molar-refractivity contribution >= 4 is 5.97 Å². The molecule has 0 radical (unpaired) electrons. The van der Waals surface area contributed by atoms with E-state index < -0.39 is 54.4 Å². The smallest absolute Gasteiger partial charge is 0.124 e. The maximum absolute atomic E-state index is 9.76. The second kappa shape index (κ2) is 21.4. The molecule has 186 valence electrons. The zero-order valence-corrected chi connectivity index (χ0v) is 18.4. The summed E-state index contributed by atoms with van der Waals surface area (Å²) in [4.78, 5) is 9.76. The van der Waals surface area contributed by atoms with Crippen molar-refractivity contribution in [3.63, 3.8) is 0 Å². The molecule has 1 rings (SSSR count). The quantitative estimate of drug-likeness (QED) is 0.219. The zero-order valence-electron chi connectivity index (χ0n) is 18.4. The van der Waals surface area contributed by atoms with Gasteiger partial charge in [0.2, 0.25) is 0 Å². The minimum Gasteiger partial charge on any atom is -0.544 e. The molecule has 0 amide bonds. The number of quaternary nitrogens is 1. The van der Waals surface area contributed by atoms with Gasteiger partial charge in [0, 0.05) is 18.3 Å². The Balaban J connectivity index is -0.000000163. The molecule has 0 saturated heterocycles. The van der Waals surface area contributed by atoms with Crippen molar-refractivity contribution in [2.24, 2.45) is 17.6 Å². The topological polar surface area (TPSA) is 215 Å². The number of rotatable bonds is 5. The number of hydrogen-bond donors (Lipinski definition) is 8. The number of hydrogen-bond acceptors (Lipinski definition) is 9. The lowest BCUT2D eigenvalue weighted by Gasteiger charge is -2.41. The van der Waals surface area contributed by atoms with Gasteiger partial charge >= 0.3 is 0 Å². The largest absolute Gasteiger partial charge is 0.544 e. The maximum Gasteiger partial charge on any atom is 0.124 e. The molecule has 0 aromatic carbocycles. The number of carbonyl (C=O) groups excluding carboxylic acids is 1. The van der Waals surface area contributed by atoms with Gasteiger partial charge in [0.1, 0.15) is 6.04 Å². The van der Waals surface area contributed by atoms with Crippen LogP contribution >= 0.6 is 0 Å². The van der Waals surface area contributed by atoms with Gasteiger partial charge in [0.05, 0.1) is 43.1 Å². The van der Waals surface area contributed by atoms with Crippen LogP contribution in [0.2, 0.25) is 0 Å². The molecule has 0 heterocycles. The summed E-state index contributed by atoms with van der Waals surface area (Å²) in [7, 11) is 0. The first-order valence-electron chi connectivity index (χ1n) is 10.1. The Morgan fingerprint density at radius 3 is 1.33 bits per heavy atom. The third-order valence-corrected chi connectivity index (χ3v) is 4.65. The van der Waals surface area contributed by atoms with Crippen LogP contribution in [0.1, 0.15) is 61.3 Å². The Labute approximate surface area is 181 Å². The SMILES string of the molecule is C.CC1C(O)C(O)C(C)C(O)C1O.CCC(O)CO.CCC([NH3+])C(=O)[O-].CCCN. The highest BCUT2D eigenvalue weighted by Gasteiger charge is 2.44.